The Morgan fingerprint density at radius 1 is 1.23 bits per heavy atom. The maximum absolute atomic E-state index is 11.7. The van der Waals surface area contributed by atoms with E-state index in [1.54, 1.807) is 13.3 Å². The molecule has 8 heteroatoms. The van der Waals surface area contributed by atoms with Gasteiger partial charge in [-0.2, -0.15) is 0 Å². The summed E-state index contributed by atoms with van der Waals surface area (Å²) in [5.41, 5.74) is 5.65. The molecule has 0 radical (unpaired) electrons. The lowest BCUT2D eigenvalue weighted by molar-refractivity contribution is -0.114. The first-order valence-corrected chi connectivity index (χ1v) is 10.4. The van der Waals surface area contributed by atoms with Crippen LogP contribution in [0.4, 0.5) is 11.4 Å². The second kappa shape index (κ2) is 8.39. The quantitative estimate of drug-likeness (QED) is 0.522. The predicted molar refractivity (Wildman–Crippen MR) is 125 cm³/mol. The van der Waals surface area contributed by atoms with Crippen molar-refractivity contribution in [2.24, 2.45) is 0 Å². The van der Waals surface area contributed by atoms with Crippen LogP contribution in [-0.2, 0) is 4.79 Å². The van der Waals surface area contributed by atoms with E-state index in [1.807, 2.05) is 43.3 Å². The molecule has 160 valence electrons. The highest BCUT2D eigenvalue weighted by Gasteiger charge is 2.42. The van der Waals surface area contributed by atoms with Crippen molar-refractivity contribution in [3.05, 3.63) is 71.3 Å². The number of methoxy groups -OCH3 is 1. The number of anilines is 2. The zero-order valence-corrected chi connectivity index (χ0v) is 18.7. The van der Waals surface area contributed by atoms with Gasteiger partial charge in [-0.05, 0) is 68.0 Å². The van der Waals surface area contributed by atoms with Crippen molar-refractivity contribution in [1.82, 2.24) is 15.3 Å². The van der Waals surface area contributed by atoms with Gasteiger partial charge in [0, 0.05) is 30.2 Å². The van der Waals surface area contributed by atoms with Crippen molar-refractivity contribution in [2.75, 3.05) is 17.3 Å². The van der Waals surface area contributed by atoms with Crippen molar-refractivity contribution in [3.8, 4) is 5.75 Å². The molecule has 1 saturated heterocycles. The van der Waals surface area contributed by atoms with Crippen LogP contribution < -0.4 is 20.3 Å². The van der Waals surface area contributed by atoms with E-state index < -0.39 is 0 Å². The molecule has 1 aromatic carbocycles. The van der Waals surface area contributed by atoms with Crippen molar-refractivity contribution in [2.45, 2.75) is 32.9 Å². The van der Waals surface area contributed by atoms with E-state index in [0.717, 1.165) is 28.3 Å². The van der Waals surface area contributed by atoms with E-state index in [0.29, 0.717) is 16.5 Å². The van der Waals surface area contributed by atoms with Gasteiger partial charge in [0.25, 0.3) is 0 Å². The van der Waals surface area contributed by atoms with Crippen LogP contribution in [-0.4, -0.2) is 28.1 Å². The number of aromatic amines is 1. The number of thiocarbonyl (C=S) groups is 1. The molecule has 3 N–H and O–H groups in total. The number of hydrogen-bond donors (Lipinski definition) is 3. The van der Waals surface area contributed by atoms with Crippen LogP contribution in [0.1, 0.15) is 41.7 Å². The van der Waals surface area contributed by atoms with Gasteiger partial charge in [0.1, 0.15) is 5.75 Å². The highest BCUT2D eigenvalue weighted by Crippen LogP contribution is 2.44. The first-order chi connectivity index (χ1) is 14.9. The zero-order valence-electron chi connectivity index (χ0n) is 17.9. The number of benzene rings is 1. The number of rotatable bonds is 5. The molecule has 0 unspecified atom stereocenters. The molecule has 0 bridgehead atoms. The van der Waals surface area contributed by atoms with Crippen molar-refractivity contribution in [3.63, 3.8) is 0 Å². The average Bonchev–Trinajstić information content (AvgIpc) is 3.26. The average molecular weight is 436 g/mol. The molecule has 3 heterocycles. The van der Waals surface area contributed by atoms with Gasteiger partial charge in [-0.15, -0.1) is 0 Å². The van der Waals surface area contributed by atoms with Crippen molar-refractivity contribution >= 4 is 34.6 Å². The number of nitrogens with zero attached hydrogens (tertiary/aromatic N) is 2. The maximum Gasteiger partial charge on any atom is 0.221 e. The van der Waals surface area contributed by atoms with Crippen LogP contribution in [0.5, 0.6) is 5.75 Å². The normalized spacial score (nSPS) is 18.1. The van der Waals surface area contributed by atoms with E-state index in [1.165, 1.54) is 6.92 Å². The van der Waals surface area contributed by atoms with Gasteiger partial charge in [-0.1, -0.05) is 6.07 Å². The Hall–Kier alpha value is -3.39. The number of carbonyl (C=O) groups excluding carboxylic acids is 1. The molecule has 3 aromatic rings. The number of H-pyrrole nitrogens is 1. The molecule has 4 rings (SSSR count). The summed E-state index contributed by atoms with van der Waals surface area (Å²) in [5.74, 6) is 0.418. The minimum Gasteiger partial charge on any atom is -0.495 e. The number of aromatic nitrogens is 2. The van der Waals surface area contributed by atoms with Crippen LogP contribution in [0, 0.1) is 13.8 Å². The second-order valence-electron chi connectivity index (χ2n) is 7.60. The summed E-state index contributed by atoms with van der Waals surface area (Å²) in [5, 5.41) is 6.89. The van der Waals surface area contributed by atoms with Gasteiger partial charge < -0.3 is 25.3 Å². The molecule has 2 aromatic heterocycles. The molecule has 31 heavy (non-hydrogen) atoms. The second-order valence-corrected chi connectivity index (χ2v) is 7.98. The fourth-order valence-corrected chi connectivity index (χ4v) is 4.48. The van der Waals surface area contributed by atoms with Gasteiger partial charge in [0.05, 0.1) is 30.6 Å². The minimum absolute atomic E-state index is 0.120. The van der Waals surface area contributed by atoms with Gasteiger partial charge in [0.2, 0.25) is 5.91 Å². The Balaban J connectivity index is 1.84. The van der Waals surface area contributed by atoms with E-state index in [2.05, 4.69) is 38.5 Å². The highest BCUT2D eigenvalue weighted by molar-refractivity contribution is 7.80. The van der Waals surface area contributed by atoms with Crippen LogP contribution >= 0.6 is 12.2 Å². The number of amides is 1. The summed E-state index contributed by atoms with van der Waals surface area (Å²) in [7, 11) is 1.58. The summed E-state index contributed by atoms with van der Waals surface area (Å²) >= 11 is 5.78. The number of aryl methyl sites for hydroxylation is 2. The Labute approximate surface area is 186 Å². The van der Waals surface area contributed by atoms with Crippen LogP contribution in [0.3, 0.4) is 0 Å². The number of hydrogen-bond acceptors (Lipinski definition) is 4. The number of pyridine rings is 1. The molecule has 0 aliphatic carbocycles. The largest absolute Gasteiger partial charge is 0.495 e. The smallest absolute Gasteiger partial charge is 0.221 e. The van der Waals surface area contributed by atoms with E-state index in [4.69, 9.17) is 17.0 Å². The molecular formula is C23H25N5O2S. The number of carbonyl (C=O) groups is 1. The molecule has 0 spiro atoms. The first kappa shape index (κ1) is 20.9. The zero-order chi connectivity index (χ0) is 22.1. The lowest BCUT2D eigenvalue weighted by Gasteiger charge is -2.28. The standard InChI is InChI=1S/C23H25N5O2S/c1-13-11-17(14(2)25-13)22-21(18-7-5-6-10-24-18)27-23(31)28(22)16-8-9-20(30-4)19(12-16)26-15(3)29/h5-12,21-22,25H,1-4H3,(H,26,29)(H,27,31)/t21-,22-/m1/s1. The van der Waals surface area contributed by atoms with E-state index in [9.17, 15) is 4.79 Å². The lowest BCUT2D eigenvalue weighted by atomic mass is 9.96. The SMILES string of the molecule is COc1ccc(N2C(=S)N[C@H](c3ccccn3)[C@H]2c2cc(C)[nH]c2C)cc1NC(C)=O. The molecule has 1 aliphatic rings. The molecule has 1 amide bonds. The van der Waals surface area contributed by atoms with Crippen LogP contribution in [0.25, 0.3) is 0 Å². The third-order valence-electron chi connectivity index (χ3n) is 5.38. The Morgan fingerprint density at radius 2 is 2.03 bits per heavy atom. The maximum atomic E-state index is 11.7. The molecular weight excluding hydrogens is 410 g/mol. The van der Waals surface area contributed by atoms with Crippen LogP contribution in [0.2, 0.25) is 0 Å². The third-order valence-corrected chi connectivity index (χ3v) is 5.69. The number of ether oxygens (including phenoxy) is 1. The van der Waals surface area contributed by atoms with Crippen LogP contribution in [0.15, 0.2) is 48.7 Å². The van der Waals surface area contributed by atoms with E-state index >= 15 is 0 Å². The summed E-state index contributed by atoms with van der Waals surface area (Å²) in [6, 6.07) is 13.4. The summed E-state index contributed by atoms with van der Waals surface area (Å²) < 4.78 is 5.42. The molecule has 1 fully saturated rings. The van der Waals surface area contributed by atoms with Crippen molar-refractivity contribution < 1.29 is 9.53 Å². The predicted octanol–water partition coefficient (Wildman–Crippen LogP) is 4.17. The van der Waals surface area contributed by atoms with E-state index in [-0.39, 0.29) is 18.0 Å². The van der Waals surface area contributed by atoms with Crippen molar-refractivity contribution in [1.29, 1.82) is 0 Å². The molecule has 7 nitrogen and oxygen atoms in total. The topological polar surface area (TPSA) is 82.3 Å². The third kappa shape index (κ3) is 3.98. The van der Waals surface area contributed by atoms with Gasteiger partial charge in [-0.25, -0.2) is 0 Å². The minimum atomic E-state index is -0.169. The monoisotopic (exact) mass is 435 g/mol. The molecule has 2 atom stereocenters. The Kier molecular flexibility index (Phi) is 5.65. The molecule has 1 aliphatic heterocycles. The summed E-state index contributed by atoms with van der Waals surface area (Å²) in [4.78, 5) is 21.8. The lowest BCUT2D eigenvalue weighted by Crippen LogP contribution is -2.29. The van der Waals surface area contributed by atoms with Gasteiger partial charge in [-0.3, -0.25) is 9.78 Å². The highest BCUT2D eigenvalue weighted by atomic mass is 32.1. The van der Waals surface area contributed by atoms with Gasteiger partial charge >= 0.3 is 0 Å². The number of nitrogens with one attached hydrogen (secondary N) is 3. The van der Waals surface area contributed by atoms with Gasteiger partial charge in [0.15, 0.2) is 5.11 Å². The summed E-state index contributed by atoms with van der Waals surface area (Å²) in [6.45, 7) is 5.58. The fraction of sp³-hybridized carbons (Fsp3) is 0.261. The fourth-order valence-electron chi connectivity index (χ4n) is 4.13. The Morgan fingerprint density at radius 3 is 2.65 bits per heavy atom. The first-order valence-electron chi connectivity index (χ1n) is 10.0. The molecule has 0 saturated carbocycles. The Bertz CT molecular complexity index is 1130. The summed E-state index contributed by atoms with van der Waals surface area (Å²) in [6.07, 6.45) is 1.79.